The predicted octanol–water partition coefficient (Wildman–Crippen LogP) is 6.24. The van der Waals surface area contributed by atoms with E-state index in [0.717, 1.165) is 50.5 Å². The van der Waals surface area contributed by atoms with E-state index in [1.165, 1.54) is 12.0 Å². The number of aliphatic carboxylic acids is 1. The summed E-state index contributed by atoms with van der Waals surface area (Å²) in [5.74, 6) is 1.20. The van der Waals surface area contributed by atoms with E-state index in [0.29, 0.717) is 43.5 Å². The molecule has 5 unspecified atom stereocenters. The molecule has 43 heavy (non-hydrogen) atoms. The van der Waals surface area contributed by atoms with E-state index in [2.05, 4.69) is 46.8 Å². The molecule has 0 heterocycles. The number of rotatable bonds is 8. The van der Waals surface area contributed by atoms with Crippen molar-refractivity contribution in [3.63, 3.8) is 0 Å². The van der Waals surface area contributed by atoms with Gasteiger partial charge in [-0.15, -0.1) is 0 Å². The Morgan fingerprint density at radius 1 is 1.00 bits per heavy atom. The summed E-state index contributed by atoms with van der Waals surface area (Å²) < 4.78 is 11.6. The van der Waals surface area contributed by atoms with E-state index in [9.17, 15) is 19.5 Å². The molecule has 4 fully saturated rings. The molecule has 7 nitrogen and oxygen atoms in total. The van der Waals surface area contributed by atoms with Crippen molar-refractivity contribution in [2.45, 2.75) is 131 Å². The lowest BCUT2D eigenvalue weighted by Crippen LogP contribution is -2.64. The summed E-state index contributed by atoms with van der Waals surface area (Å²) >= 11 is 0. The second-order valence-electron chi connectivity index (χ2n) is 17.0. The van der Waals surface area contributed by atoms with E-state index < -0.39 is 17.4 Å². The van der Waals surface area contributed by atoms with Gasteiger partial charge in [-0.25, -0.2) is 0 Å². The van der Waals surface area contributed by atoms with Crippen LogP contribution in [0.5, 0.6) is 0 Å². The number of esters is 1. The normalized spacial score (nSPS) is 40.3. The van der Waals surface area contributed by atoms with Gasteiger partial charge >= 0.3 is 19.6 Å². The van der Waals surface area contributed by atoms with E-state index in [-0.39, 0.29) is 40.2 Å². The highest BCUT2D eigenvalue weighted by molar-refractivity contribution is 6.24. The highest BCUT2D eigenvalue weighted by Gasteiger charge is 2.66. The first-order valence-electron chi connectivity index (χ1n) is 16.9. The Balaban J connectivity index is 1.41. The van der Waals surface area contributed by atoms with Crippen molar-refractivity contribution in [1.29, 1.82) is 0 Å². The molecule has 0 bridgehead atoms. The summed E-state index contributed by atoms with van der Waals surface area (Å²) in [5.41, 5.74) is 1.29. The standard InChI is InChI=1S/C35H56BNO6/c1-20(2)28-23(38)18-35(37-36-42-9)17-12-22-21(29(28)35)10-11-25-33(22,7)15-13-24-32(5,6)26(14-16-34(24,25)8)43-27(39)19-31(3,4)30(40)41/h20-22,24-26,36-37H,10-19H2,1-9H3,(H,40,41)/t21?,22?,24?,25?,26-,33-,34-,35?/m0/s1. The largest absolute Gasteiger partial charge is 0.481 e. The quantitative estimate of drug-likeness (QED) is 0.252. The molecular weight excluding hydrogens is 541 g/mol. The second kappa shape index (κ2) is 11.0. The van der Waals surface area contributed by atoms with Crippen LogP contribution in [0.2, 0.25) is 0 Å². The maximum absolute atomic E-state index is 13.5. The molecule has 0 amide bonds. The highest BCUT2D eigenvalue weighted by atomic mass is 16.5. The summed E-state index contributed by atoms with van der Waals surface area (Å²) in [6.07, 6.45) is 8.80. The Morgan fingerprint density at radius 3 is 2.30 bits per heavy atom. The van der Waals surface area contributed by atoms with Gasteiger partial charge in [-0.05, 0) is 117 Å². The third-order valence-electron chi connectivity index (χ3n) is 13.5. The van der Waals surface area contributed by atoms with Gasteiger partial charge in [0.15, 0.2) is 5.78 Å². The first-order chi connectivity index (χ1) is 19.9. The number of carboxylic acid groups (broad SMARTS) is 1. The average Bonchev–Trinajstić information content (AvgIpc) is 3.21. The Hall–Kier alpha value is -1.67. The summed E-state index contributed by atoms with van der Waals surface area (Å²) in [6, 6.07) is 0. The van der Waals surface area contributed by atoms with Crippen LogP contribution in [0.25, 0.3) is 0 Å². The Bertz CT molecular complexity index is 1190. The predicted molar refractivity (Wildman–Crippen MR) is 168 cm³/mol. The number of nitrogens with one attached hydrogen (secondary N) is 1. The first kappa shape index (κ1) is 32.7. The average molecular weight is 598 g/mol. The summed E-state index contributed by atoms with van der Waals surface area (Å²) in [7, 11) is 2.19. The van der Waals surface area contributed by atoms with Crippen molar-refractivity contribution in [3.8, 4) is 0 Å². The molecule has 8 heteroatoms. The molecule has 0 aromatic heterocycles. The number of Topliss-reactive ketones (excluding diaryl/α,β-unsaturated/α-hetero) is 1. The molecule has 8 atom stereocenters. The Kier molecular flexibility index (Phi) is 8.37. The van der Waals surface area contributed by atoms with Crippen LogP contribution in [0.4, 0.5) is 0 Å². The summed E-state index contributed by atoms with van der Waals surface area (Å²) in [6.45, 7) is 17.2. The fourth-order valence-corrected chi connectivity index (χ4v) is 11.5. The van der Waals surface area contributed by atoms with Gasteiger partial charge in [-0.3, -0.25) is 14.4 Å². The monoisotopic (exact) mass is 597 g/mol. The number of fused-ring (bicyclic) bond motifs is 7. The number of ketones is 1. The van der Waals surface area contributed by atoms with Gasteiger partial charge in [0, 0.05) is 24.5 Å². The SMILES string of the molecule is COBNC12CCC3C(CCC4[C@@]3(C)CCC3C(C)(C)[C@@H](OC(=O)CC(C)(C)C(=O)O)CC[C@@]34C)C1=C(C(C)C)C(=O)C2. The van der Waals surface area contributed by atoms with Gasteiger partial charge in [-0.2, -0.15) is 0 Å². The van der Waals surface area contributed by atoms with Gasteiger partial charge in [0.25, 0.3) is 0 Å². The van der Waals surface area contributed by atoms with Crippen molar-refractivity contribution < 1.29 is 28.9 Å². The zero-order valence-corrected chi connectivity index (χ0v) is 28.2. The van der Waals surface area contributed by atoms with Gasteiger partial charge in [-0.1, -0.05) is 41.5 Å². The van der Waals surface area contributed by atoms with Crippen LogP contribution in [-0.4, -0.2) is 49.2 Å². The molecule has 2 N–H and O–H groups in total. The summed E-state index contributed by atoms with van der Waals surface area (Å²) in [4.78, 5) is 38.1. The molecule has 0 radical (unpaired) electrons. The number of ether oxygens (including phenoxy) is 1. The molecule has 0 aliphatic heterocycles. The fraction of sp³-hybridized carbons (Fsp3) is 0.857. The van der Waals surface area contributed by atoms with Crippen molar-refractivity contribution in [3.05, 3.63) is 11.1 Å². The number of carbonyl (C=O) groups is 3. The molecule has 0 aromatic carbocycles. The zero-order valence-electron chi connectivity index (χ0n) is 28.2. The van der Waals surface area contributed by atoms with Crippen LogP contribution in [0.3, 0.4) is 0 Å². The topological polar surface area (TPSA) is 102 Å². The van der Waals surface area contributed by atoms with Crippen molar-refractivity contribution in [2.24, 2.45) is 51.2 Å². The number of carboxylic acids is 1. The summed E-state index contributed by atoms with van der Waals surface area (Å²) in [5, 5.41) is 13.2. The van der Waals surface area contributed by atoms with Gasteiger partial charge in [0.1, 0.15) is 6.10 Å². The Labute approximate surface area is 260 Å². The maximum Gasteiger partial charge on any atom is 0.361 e. The van der Waals surface area contributed by atoms with Crippen LogP contribution in [-0.2, 0) is 23.8 Å². The molecule has 0 spiro atoms. The maximum atomic E-state index is 13.5. The molecule has 0 saturated heterocycles. The lowest BCUT2D eigenvalue weighted by atomic mass is 9.37. The third kappa shape index (κ3) is 5.05. The van der Waals surface area contributed by atoms with Crippen molar-refractivity contribution in [1.82, 2.24) is 5.23 Å². The molecule has 4 saturated carbocycles. The number of carbonyl (C=O) groups excluding carboxylic acids is 2. The minimum atomic E-state index is -1.14. The van der Waals surface area contributed by atoms with Crippen LogP contribution >= 0.6 is 0 Å². The highest BCUT2D eigenvalue weighted by Crippen LogP contribution is 2.72. The molecule has 5 aliphatic rings. The van der Waals surface area contributed by atoms with Crippen LogP contribution in [0.15, 0.2) is 11.1 Å². The van der Waals surface area contributed by atoms with Gasteiger partial charge in [0.05, 0.1) is 11.8 Å². The minimum absolute atomic E-state index is 0.113. The smallest absolute Gasteiger partial charge is 0.361 e. The number of hydrogen-bond acceptors (Lipinski definition) is 6. The first-order valence-corrected chi connectivity index (χ1v) is 16.9. The molecule has 5 rings (SSSR count). The molecule has 5 aliphatic carbocycles. The zero-order chi connectivity index (χ0) is 31.8. The van der Waals surface area contributed by atoms with Crippen LogP contribution in [0, 0.1) is 51.2 Å². The number of hydrogen-bond donors (Lipinski definition) is 2. The molecule has 0 aromatic rings. The van der Waals surface area contributed by atoms with E-state index in [1.54, 1.807) is 21.0 Å². The van der Waals surface area contributed by atoms with Gasteiger partial charge in [0.2, 0.25) is 0 Å². The third-order valence-corrected chi connectivity index (χ3v) is 13.5. The fourth-order valence-electron chi connectivity index (χ4n) is 11.5. The van der Waals surface area contributed by atoms with Crippen molar-refractivity contribution >= 4 is 25.3 Å². The van der Waals surface area contributed by atoms with Crippen LogP contribution in [0.1, 0.15) is 120 Å². The second-order valence-corrected chi connectivity index (χ2v) is 17.0. The van der Waals surface area contributed by atoms with Gasteiger partial charge < -0.3 is 19.7 Å². The van der Waals surface area contributed by atoms with E-state index >= 15 is 0 Å². The van der Waals surface area contributed by atoms with E-state index in [4.69, 9.17) is 9.39 Å². The van der Waals surface area contributed by atoms with E-state index in [1.807, 2.05) is 0 Å². The molecule has 240 valence electrons. The van der Waals surface area contributed by atoms with Crippen molar-refractivity contribution in [2.75, 3.05) is 7.11 Å². The van der Waals surface area contributed by atoms with Crippen LogP contribution < -0.4 is 5.23 Å². The Morgan fingerprint density at radius 2 is 1.67 bits per heavy atom. The minimum Gasteiger partial charge on any atom is -0.481 e. The lowest BCUT2D eigenvalue weighted by molar-refractivity contribution is -0.213. The number of allylic oxidation sites excluding steroid dienone is 1. The molecular formula is C35H56BNO6. The lowest BCUT2D eigenvalue weighted by Gasteiger charge is -2.68.